The Balaban J connectivity index is 0.000000318. The number of ketones is 1. The highest BCUT2D eigenvalue weighted by molar-refractivity contribution is 6.00. The van der Waals surface area contributed by atoms with Gasteiger partial charge in [-0.15, -0.1) is 13.2 Å². The van der Waals surface area contributed by atoms with Gasteiger partial charge in [-0.2, -0.15) is 0 Å². The molecule has 1 aliphatic heterocycles. The van der Waals surface area contributed by atoms with Gasteiger partial charge in [-0.3, -0.25) is 15.5 Å². The molecule has 1 heterocycles. The number of hydroxylamine groups is 1. The minimum Gasteiger partial charge on any atom is -0.504 e. The summed E-state index contributed by atoms with van der Waals surface area (Å²) in [5.41, 5.74) is 5.41. The Labute approximate surface area is 204 Å². The largest absolute Gasteiger partial charge is 0.504 e. The van der Waals surface area contributed by atoms with Crippen LogP contribution in [0.1, 0.15) is 53.7 Å². The number of rotatable bonds is 7. The third kappa shape index (κ3) is 8.69. The summed E-state index contributed by atoms with van der Waals surface area (Å²) in [6.45, 7) is 17.7. The summed E-state index contributed by atoms with van der Waals surface area (Å²) in [7, 11) is 2.22. The van der Waals surface area contributed by atoms with E-state index in [2.05, 4.69) is 62.9 Å². The Kier molecular flexibility index (Phi) is 12.7. The Bertz CT molecular complexity index is 917. The number of hydrogen-bond acceptors (Lipinski definition) is 6. The molecule has 3 rings (SSSR count). The first kappa shape index (κ1) is 28.9. The van der Waals surface area contributed by atoms with Crippen LogP contribution >= 0.6 is 0 Å². The van der Waals surface area contributed by atoms with Crippen LogP contribution in [0.4, 0.5) is 0 Å². The lowest BCUT2D eigenvalue weighted by Gasteiger charge is -2.28. The van der Waals surface area contributed by atoms with E-state index in [0.29, 0.717) is 12.2 Å². The van der Waals surface area contributed by atoms with Gasteiger partial charge in [-0.05, 0) is 83.8 Å². The number of Topliss-reactive ketones (excluding diaryl/α,β-unsaturated/α-hetero) is 1. The van der Waals surface area contributed by atoms with Gasteiger partial charge >= 0.3 is 0 Å². The van der Waals surface area contributed by atoms with E-state index in [1.807, 2.05) is 5.48 Å². The van der Waals surface area contributed by atoms with E-state index in [9.17, 15) is 9.90 Å². The van der Waals surface area contributed by atoms with Crippen LogP contribution in [-0.2, 0) is 6.42 Å². The normalized spacial score (nSPS) is 13.6. The number of phenolic OH excluding ortho intramolecular Hbond substituents is 1. The molecule has 0 aromatic heterocycles. The number of likely N-dealkylation sites (tertiary alicyclic amines) is 1. The number of nitrogens with one attached hydrogen (secondary N) is 1. The van der Waals surface area contributed by atoms with E-state index in [4.69, 9.17) is 9.94 Å². The van der Waals surface area contributed by atoms with Crippen molar-refractivity contribution >= 4 is 11.5 Å². The number of hydrogen-bond donors (Lipinski definition) is 3. The lowest BCUT2D eigenvalue weighted by Crippen LogP contribution is -2.30. The molecule has 0 amide bonds. The summed E-state index contributed by atoms with van der Waals surface area (Å²) in [5.74, 6) is 0.719. The van der Waals surface area contributed by atoms with Gasteiger partial charge in [-0.1, -0.05) is 36.4 Å². The monoisotopic (exact) mass is 468 g/mol. The topological polar surface area (TPSA) is 82.0 Å². The third-order valence-electron chi connectivity index (χ3n) is 5.72. The predicted molar refractivity (Wildman–Crippen MR) is 140 cm³/mol. The van der Waals surface area contributed by atoms with Crippen molar-refractivity contribution < 1.29 is 19.8 Å². The number of carbonyl (C=O) groups excluding carboxylic acids is 1. The van der Waals surface area contributed by atoms with E-state index >= 15 is 0 Å². The molecule has 3 N–H and O–H groups in total. The van der Waals surface area contributed by atoms with Gasteiger partial charge in [0, 0.05) is 5.56 Å². The number of aromatic hydroxyl groups is 1. The van der Waals surface area contributed by atoms with Gasteiger partial charge in [0.2, 0.25) is 0 Å². The van der Waals surface area contributed by atoms with Crippen LogP contribution in [0.25, 0.3) is 5.70 Å². The van der Waals surface area contributed by atoms with Crippen LogP contribution in [0.5, 0.6) is 11.5 Å². The van der Waals surface area contributed by atoms with Crippen molar-refractivity contribution in [2.75, 3.05) is 26.7 Å². The maximum Gasteiger partial charge on any atom is 0.170 e. The molecule has 0 atom stereocenters. The van der Waals surface area contributed by atoms with E-state index in [-0.39, 0.29) is 28.5 Å². The van der Waals surface area contributed by atoms with Gasteiger partial charge in [0.25, 0.3) is 0 Å². The van der Waals surface area contributed by atoms with Crippen LogP contribution in [0.2, 0.25) is 0 Å². The van der Waals surface area contributed by atoms with Gasteiger partial charge in [-0.25, -0.2) is 0 Å². The standard InChI is InChI=1S/C14H21N.C12H15NO4.C2H4/c1-12-3-5-13(6-4-12)11-14-7-9-15(2)10-8-14;1-4-17-12-10(15)6-5-9(8(3)14)11(12)7(2)13-16;1-2/h3-6,14H,7-11H2,1-2H3;5-6,13,15-16H,2,4H2,1,3H3;1-2H2. The molecule has 0 unspecified atom stereocenters. The van der Waals surface area contributed by atoms with E-state index < -0.39 is 0 Å². The summed E-state index contributed by atoms with van der Waals surface area (Å²) in [5, 5.41) is 18.6. The summed E-state index contributed by atoms with van der Waals surface area (Å²) >= 11 is 0. The first-order valence-corrected chi connectivity index (χ1v) is 11.6. The van der Waals surface area contributed by atoms with Gasteiger partial charge in [0.1, 0.15) is 0 Å². The fourth-order valence-corrected chi connectivity index (χ4v) is 3.83. The number of ether oxygens (including phenoxy) is 1. The van der Waals surface area contributed by atoms with Crippen molar-refractivity contribution in [1.82, 2.24) is 10.4 Å². The lowest BCUT2D eigenvalue weighted by atomic mass is 9.90. The zero-order valence-electron chi connectivity index (χ0n) is 21.1. The highest BCUT2D eigenvalue weighted by atomic mass is 16.5. The van der Waals surface area contributed by atoms with Crippen LogP contribution in [0, 0.1) is 12.8 Å². The molecule has 0 radical (unpaired) electrons. The van der Waals surface area contributed by atoms with Crippen molar-refractivity contribution in [2.45, 2.75) is 40.0 Å². The Morgan fingerprint density at radius 2 is 1.74 bits per heavy atom. The third-order valence-corrected chi connectivity index (χ3v) is 5.72. The van der Waals surface area contributed by atoms with Crippen molar-refractivity contribution in [3.8, 4) is 11.5 Å². The van der Waals surface area contributed by atoms with Crippen molar-refractivity contribution in [3.63, 3.8) is 0 Å². The van der Waals surface area contributed by atoms with Gasteiger partial charge < -0.3 is 14.7 Å². The number of phenols is 1. The second-order valence-corrected chi connectivity index (χ2v) is 8.35. The summed E-state index contributed by atoms with van der Waals surface area (Å²) < 4.78 is 5.27. The molecule has 2 aromatic rings. The minimum absolute atomic E-state index is 0.0922. The second-order valence-electron chi connectivity index (χ2n) is 8.35. The summed E-state index contributed by atoms with van der Waals surface area (Å²) in [6, 6.07) is 11.9. The molecular formula is C28H40N2O4. The molecule has 1 saturated heterocycles. The van der Waals surface area contributed by atoms with Crippen LogP contribution in [-0.4, -0.2) is 47.7 Å². The van der Waals surface area contributed by atoms with Crippen molar-refractivity contribution in [2.24, 2.45) is 5.92 Å². The summed E-state index contributed by atoms with van der Waals surface area (Å²) in [6.07, 6.45) is 4.00. The number of carbonyl (C=O) groups is 1. The Morgan fingerprint density at radius 3 is 2.24 bits per heavy atom. The number of nitrogens with zero attached hydrogens (tertiary/aromatic N) is 1. The lowest BCUT2D eigenvalue weighted by molar-refractivity contribution is 0.101. The SMILES string of the molecule is C=C.C=C(NO)c1c(C(C)=O)ccc(O)c1OCC.Cc1ccc(CC2CCN(C)CC2)cc1. The molecule has 0 bridgehead atoms. The second kappa shape index (κ2) is 14.9. The van der Waals surface area contributed by atoms with Crippen LogP contribution in [0.3, 0.4) is 0 Å². The van der Waals surface area contributed by atoms with E-state index in [0.717, 1.165) is 5.92 Å². The maximum atomic E-state index is 11.5. The molecule has 0 spiro atoms. The van der Waals surface area contributed by atoms with Crippen LogP contribution < -0.4 is 10.2 Å². The molecular weight excluding hydrogens is 428 g/mol. The zero-order valence-corrected chi connectivity index (χ0v) is 21.1. The fourth-order valence-electron chi connectivity index (χ4n) is 3.83. The molecule has 2 aromatic carbocycles. The molecule has 6 heteroatoms. The van der Waals surface area contributed by atoms with E-state index in [1.165, 1.54) is 62.5 Å². The Hall–Kier alpha value is -3.09. The predicted octanol–water partition coefficient (Wildman–Crippen LogP) is 5.62. The molecule has 1 fully saturated rings. The fraction of sp³-hybridized carbons (Fsp3) is 0.393. The number of piperidine rings is 1. The average molecular weight is 469 g/mol. The number of benzene rings is 2. The maximum absolute atomic E-state index is 11.5. The molecule has 1 aliphatic rings. The molecule has 186 valence electrons. The smallest absolute Gasteiger partial charge is 0.170 e. The Morgan fingerprint density at radius 1 is 1.15 bits per heavy atom. The summed E-state index contributed by atoms with van der Waals surface area (Å²) in [4.78, 5) is 13.9. The first-order valence-electron chi connectivity index (χ1n) is 11.6. The van der Waals surface area contributed by atoms with Crippen molar-refractivity contribution in [3.05, 3.63) is 78.4 Å². The molecule has 0 saturated carbocycles. The minimum atomic E-state index is -0.211. The van der Waals surface area contributed by atoms with Crippen molar-refractivity contribution in [1.29, 1.82) is 0 Å². The molecule has 0 aliphatic carbocycles. The highest BCUT2D eigenvalue weighted by Gasteiger charge is 2.19. The molecule has 6 nitrogen and oxygen atoms in total. The van der Waals surface area contributed by atoms with E-state index in [1.54, 1.807) is 6.92 Å². The average Bonchev–Trinajstić information content (AvgIpc) is 2.84. The van der Waals surface area contributed by atoms with Gasteiger partial charge in [0.15, 0.2) is 17.3 Å². The molecule has 34 heavy (non-hydrogen) atoms. The first-order chi connectivity index (χ1) is 16.3. The zero-order chi connectivity index (χ0) is 25.7. The quantitative estimate of drug-likeness (QED) is 0.278. The highest BCUT2D eigenvalue weighted by Crippen LogP contribution is 2.36. The van der Waals surface area contributed by atoms with Gasteiger partial charge in [0.05, 0.1) is 17.9 Å². The number of aryl methyl sites for hydroxylation is 1. The van der Waals surface area contributed by atoms with Crippen LogP contribution in [0.15, 0.2) is 56.1 Å².